The van der Waals surface area contributed by atoms with E-state index < -0.39 is 5.03 Å². The van der Waals surface area contributed by atoms with Crippen LogP contribution in [0.3, 0.4) is 0 Å². The van der Waals surface area contributed by atoms with Crippen molar-refractivity contribution < 1.29 is 5.03 Å². The van der Waals surface area contributed by atoms with E-state index in [0.29, 0.717) is 5.82 Å². The summed E-state index contributed by atoms with van der Waals surface area (Å²) in [6.07, 6.45) is 5.70. The summed E-state index contributed by atoms with van der Waals surface area (Å²) in [5.74, 6) is 0.566. The second-order valence-corrected chi connectivity index (χ2v) is 2.27. The van der Waals surface area contributed by atoms with Crippen LogP contribution in [0.5, 0.6) is 0 Å². The molecule has 0 aliphatic carbocycles. The van der Waals surface area contributed by atoms with Gasteiger partial charge >= 0.3 is 0 Å². The molecule has 1 N–H and O–H groups in total. The van der Waals surface area contributed by atoms with Gasteiger partial charge in [0.2, 0.25) is 5.82 Å². The molecule has 0 radical (unpaired) electrons. The van der Waals surface area contributed by atoms with Gasteiger partial charge in [-0.2, -0.15) is 0 Å². The third-order valence-corrected chi connectivity index (χ3v) is 1.51. The molecule has 2 rings (SSSR count). The average molecular weight is 179 g/mol. The number of aromatic nitrogens is 4. The maximum atomic E-state index is 10.5. The number of nitro groups is 1. The molecule has 0 fully saturated rings. The fraction of sp³-hybridized carbons (Fsp3) is 0. The summed E-state index contributed by atoms with van der Waals surface area (Å²) in [5.41, 5.74) is 0. The van der Waals surface area contributed by atoms with Crippen molar-refractivity contribution in [3.63, 3.8) is 0 Å². The molecule has 0 aliphatic heterocycles. The van der Waals surface area contributed by atoms with Gasteiger partial charge in [0, 0.05) is 12.4 Å². The first-order valence-electron chi connectivity index (χ1n) is 3.47. The molecule has 0 unspecified atom stereocenters. The quantitative estimate of drug-likeness (QED) is 0.530. The fourth-order valence-corrected chi connectivity index (χ4v) is 0.986. The highest BCUT2D eigenvalue weighted by Crippen LogP contribution is 2.10. The predicted octanol–water partition coefficient (Wildman–Crippen LogP) is 0.313. The van der Waals surface area contributed by atoms with Gasteiger partial charge in [-0.15, -0.1) is 0 Å². The molecule has 7 heteroatoms. The van der Waals surface area contributed by atoms with E-state index in [0.717, 1.165) is 4.68 Å². The maximum absolute atomic E-state index is 10.5. The van der Waals surface area contributed by atoms with Crippen LogP contribution in [-0.2, 0) is 0 Å². The van der Waals surface area contributed by atoms with E-state index in [1.54, 1.807) is 6.20 Å². The first-order chi connectivity index (χ1) is 6.29. The molecule has 0 aromatic carbocycles. The Bertz CT molecular complexity index is 418. The van der Waals surface area contributed by atoms with E-state index >= 15 is 0 Å². The molecule has 0 amide bonds. The molecule has 0 atom stereocenters. The summed E-state index contributed by atoms with van der Waals surface area (Å²) in [6.45, 7) is 0. The number of aromatic amines is 1. The number of imidazole rings is 2. The smallest absolute Gasteiger partial charge is 0.242 e. The monoisotopic (exact) mass is 179 g/mol. The molecule has 0 aliphatic rings. The standard InChI is InChI=1S/C6H5N5O2/c12-11(13)10-4-3-9-6(10)5-7-1-2-8-5/h1-4H,(H,7,8). The molecule has 0 bridgehead atoms. The minimum absolute atomic E-state index is 0.190. The van der Waals surface area contributed by atoms with Crippen molar-refractivity contribution in [2.45, 2.75) is 0 Å². The largest absolute Gasteiger partial charge is 0.342 e. The molecule has 2 aromatic heterocycles. The highest BCUT2D eigenvalue weighted by molar-refractivity contribution is 5.42. The highest BCUT2D eigenvalue weighted by atomic mass is 16.7. The molecule has 0 spiro atoms. The van der Waals surface area contributed by atoms with Crippen molar-refractivity contribution in [2.75, 3.05) is 0 Å². The summed E-state index contributed by atoms with van der Waals surface area (Å²) in [6, 6.07) is 0. The number of nitrogens with one attached hydrogen (secondary N) is 1. The van der Waals surface area contributed by atoms with E-state index in [4.69, 9.17) is 0 Å². The Labute approximate surface area is 72.2 Å². The Morgan fingerprint density at radius 1 is 1.46 bits per heavy atom. The van der Waals surface area contributed by atoms with Gasteiger partial charge in [-0.3, -0.25) is 0 Å². The lowest BCUT2D eigenvalue weighted by atomic mass is 10.6. The van der Waals surface area contributed by atoms with Crippen molar-refractivity contribution in [2.24, 2.45) is 0 Å². The summed E-state index contributed by atoms with van der Waals surface area (Å²) < 4.78 is 0.804. The second-order valence-electron chi connectivity index (χ2n) is 2.27. The zero-order chi connectivity index (χ0) is 9.26. The van der Waals surface area contributed by atoms with E-state index in [1.165, 1.54) is 18.6 Å². The van der Waals surface area contributed by atoms with Gasteiger partial charge in [-0.1, -0.05) is 0 Å². The zero-order valence-electron chi connectivity index (χ0n) is 6.41. The van der Waals surface area contributed by atoms with Crippen LogP contribution in [0.4, 0.5) is 0 Å². The average Bonchev–Trinajstić information content (AvgIpc) is 2.74. The summed E-state index contributed by atoms with van der Waals surface area (Å²) in [5, 5.41) is 9.90. The first kappa shape index (κ1) is 7.47. The number of H-pyrrole nitrogens is 1. The first-order valence-corrected chi connectivity index (χ1v) is 3.47. The number of nitrogens with zero attached hydrogens (tertiary/aromatic N) is 4. The fourth-order valence-electron chi connectivity index (χ4n) is 0.986. The van der Waals surface area contributed by atoms with Crippen molar-refractivity contribution in [3.8, 4) is 11.6 Å². The van der Waals surface area contributed by atoms with Crippen LogP contribution in [0, 0.1) is 10.1 Å². The SMILES string of the molecule is O=[N+]([O-])n1ccnc1-c1ncc[nH]1. The summed E-state index contributed by atoms with van der Waals surface area (Å²) in [4.78, 5) is 20.9. The minimum atomic E-state index is -0.565. The van der Waals surface area contributed by atoms with Gasteiger partial charge in [-0.05, 0) is 4.68 Å². The zero-order valence-corrected chi connectivity index (χ0v) is 6.41. The molecule has 7 nitrogen and oxygen atoms in total. The number of hydrogen-bond acceptors (Lipinski definition) is 4. The Kier molecular flexibility index (Phi) is 1.55. The molecular formula is C6H5N5O2. The molecule has 0 saturated heterocycles. The molecule has 13 heavy (non-hydrogen) atoms. The minimum Gasteiger partial charge on any atom is -0.342 e. The van der Waals surface area contributed by atoms with Crippen LogP contribution < -0.4 is 0 Å². The topological polar surface area (TPSA) is 89.6 Å². The molecular weight excluding hydrogens is 174 g/mol. The van der Waals surface area contributed by atoms with Crippen molar-refractivity contribution >= 4 is 0 Å². The third-order valence-electron chi connectivity index (χ3n) is 1.51. The lowest BCUT2D eigenvalue weighted by Crippen LogP contribution is -2.09. The number of rotatable bonds is 2. The van der Waals surface area contributed by atoms with E-state index in [1.807, 2.05) is 0 Å². The van der Waals surface area contributed by atoms with Gasteiger partial charge < -0.3 is 4.98 Å². The molecule has 66 valence electrons. The molecule has 2 aromatic rings. The van der Waals surface area contributed by atoms with Crippen molar-refractivity contribution in [3.05, 3.63) is 34.9 Å². The predicted molar refractivity (Wildman–Crippen MR) is 42.2 cm³/mol. The van der Waals surface area contributed by atoms with Crippen LogP contribution >= 0.6 is 0 Å². The van der Waals surface area contributed by atoms with Crippen LogP contribution in [0.15, 0.2) is 24.8 Å². The number of hydrogen-bond donors (Lipinski definition) is 1. The second kappa shape index (κ2) is 2.70. The Morgan fingerprint density at radius 2 is 2.31 bits per heavy atom. The van der Waals surface area contributed by atoms with Crippen molar-refractivity contribution in [1.82, 2.24) is 19.6 Å². The van der Waals surface area contributed by atoms with Crippen LogP contribution in [0.1, 0.15) is 0 Å². The Balaban J connectivity index is 2.52. The summed E-state index contributed by atoms with van der Waals surface area (Å²) in [7, 11) is 0. The Hall–Kier alpha value is -2.18. The van der Waals surface area contributed by atoms with Gasteiger partial charge in [-0.25, -0.2) is 20.1 Å². The summed E-state index contributed by atoms with van der Waals surface area (Å²) >= 11 is 0. The van der Waals surface area contributed by atoms with Gasteiger partial charge in [0.1, 0.15) is 0 Å². The lowest BCUT2D eigenvalue weighted by molar-refractivity contribution is -0.540. The molecule has 0 saturated carbocycles. The third kappa shape index (κ3) is 1.15. The van der Waals surface area contributed by atoms with E-state index in [2.05, 4.69) is 15.0 Å². The van der Waals surface area contributed by atoms with Gasteiger partial charge in [0.05, 0.1) is 12.4 Å². The van der Waals surface area contributed by atoms with Gasteiger partial charge in [0.15, 0.2) is 10.9 Å². The maximum Gasteiger partial charge on any atom is 0.242 e. The van der Waals surface area contributed by atoms with Crippen LogP contribution in [0.2, 0.25) is 0 Å². The van der Waals surface area contributed by atoms with Gasteiger partial charge in [0.25, 0.3) is 0 Å². The van der Waals surface area contributed by atoms with Crippen molar-refractivity contribution in [1.29, 1.82) is 0 Å². The lowest BCUT2D eigenvalue weighted by Gasteiger charge is -1.93. The van der Waals surface area contributed by atoms with Crippen LogP contribution in [-0.4, -0.2) is 24.7 Å². The highest BCUT2D eigenvalue weighted by Gasteiger charge is 2.14. The van der Waals surface area contributed by atoms with Crippen LogP contribution in [0.25, 0.3) is 11.6 Å². The normalized spacial score (nSPS) is 10.2. The Morgan fingerprint density at radius 3 is 2.92 bits per heavy atom. The van der Waals surface area contributed by atoms with E-state index in [9.17, 15) is 10.1 Å². The molecule has 2 heterocycles. The van der Waals surface area contributed by atoms with E-state index in [-0.39, 0.29) is 5.82 Å².